The lowest BCUT2D eigenvalue weighted by Gasteiger charge is -2.33. The first-order valence-electron chi connectivity index (χ1n) is 5.27. The molecule has 0 aromatic heterocycles. The fourth-order valence-electron chi connectivity index (χ4n) is 1.87. The van der Waals surface area contributed by atoms with Crippen molar-refractivity contribution in [2.24, 2.45) is 0 Å². The Bertz CT molecular complexity index is 239. The molecule has 0 unspecified atom stereocenters. The van der Waals surface area contributed by atoms with Crippen molar-refractivity contribution in [3.8, 4) is 0 Å². The van der Waals surface area contributed by atoms with Gasteiger partial charge in [-0.3, -0.25) is 0 Å². The molecule has 4 heteroatoms. The topological polar surface area (TPSA) is 35.6 Å². The summed E-state index contributed by atoms with van der Waals surface area (Å²) in [5.41, 5.74) is 0. The Balaban J connectivity index is 0.00000112. The second-order valence-electron chi connectivity index (χ2n) is 3.73. The number of urea groups is 1. The zero-order valence-corrected chi connectivity index (χ0v) is 8.41. The lowest BCUT2D eigenvalue weighted by molar-refractivity contribution is 0.150. The third-order valence-corrected chi connectivity index (χ3v) is 2.72. The first-order chi connectivity index (χ1) is 6.88. The molecule has 0 bridgehead atoms. The fraction of sp³-hybridized carbons (Fsp3) is 0.700. The molecular weight excluding hydrogens is 178 g/mol. The number of amides is 2. The minimum atomic E-state index is 0. The van der Waals surface area contributed by atoms with E-state index in [1.54, 1.807) is 0 Å². The average molecular weight is 197 g/mol. The summed E-state index contributed by atoms with van der Waals surface area (Å²) >= 11 is 0. The Kier molecular flexibility index (Phi) is 3.03. The van der Waals surface area contributed by atoms with Crippen molar-refractivity contribution in [2.45, 2.75) is 6.42 Å². The molecule has 0 aliphatic carbocycles. The molecule has 4 nitrogen and oxygen atoms in total. The Labute approximate surface area is 86.0 Å². The highest BCUT2D eigenvalue weighted by molar-refractivity contribution is 5.75. The van der Waals surface area contributed by atoms with Crippen molar-refractivity contribution in [1.29, 1.82) is 0 Å². The van der Waals surface area contributed by atoms with Crippen LogP contribution in [0.15, 0.2) is 12.2 Å². The van der Waals surface area contributed by atoms with Crippen LogP contribution in [0.1, 0.15) is 7.85 Å². The van der Waals surface area contributed by atoms with Gasteiger partial charge in [0.1, 0.15) is 0 Å². The van der Waals surface area contributed by atoms with Gasteiger partial charge in [-0.25, -0.2) is 4.79 Å². The van der Waals surface area contributed by atoms with Crippen LogP contribution in [0.25, 0.3) is 0 Å². The Morgan fingerprint density at radius 3 is 2.57 bits per heavy atom. The summed E-state index contributed by atoms with van der Waals surface area (Å²) in [4.78, 5) is 15.8. The minimum Gasteiger partial charge on any atom is -0.322 e. The second-order valence-corrected chi connectivity index (χ2v) is 3.73. The third kappa shape index (κ3) is 2.07. The van der Waals surface area contributed by atoms with Crippen molar-refractivity contribution >= 4 is 6.03 Å². The number of carbonyl (C=O) groups excluding carboxylic acids is 1. The van der Waals surface area contributed by atoms with Gasteiger partial charge in [0.15, 0.2) is 0 Å². The maximum Gasteiger partial charge on any atom is 0.320 e. The van der Waals surface area contributed by atoms with Gasteiger partial charge < -0.3 is 15.1 Å². The zero-order valence-electron chi connectivity index (χ0n) is 8.41. The Morgan fingerprint density at radius 1 is 1.14 bits per heavy atom. The molecule has 2 aliphatic rings. The van der Waals surface area contributed by atoms with Crippen molar-refractivity contribution in [3.63, 3.8) is 0 Å². The average Bonchev–Trinajstić information content (AvgIpc) is 2.30. The largest absolute Gasteiger partial charge is 0.322 e. The minimum absolute atomic E-state index is 0. The lowest BCUT2D eigenvalue weighted by Crippen LogP contribution is -2.52. The molecule has 0 aromatic carbocycles. The predicted molar refractivity (Wildman–Crippen MR) is 57.3 cm³/mol. The van der Waals surface area contributed by atoms with Gasteiger partial charge in [-0.1, -0.05) is 12.2 Å². The summed E-state index contributed by atoms with van der Waals surface area (Å²) in [6.45, 7) is 5.20. The molecule has 0 atom stereocenters. The molecule has 80 valence electrons. The quantitative estimate of drug-likeness (QED) is 0.575. The van der Waals surface area contributed by atoms with Gasteiger partial charge in [0, 0.05) is 40.7 Å². The third-order valence-electron chi connectivity index (χ3n) is 2.72. The first-order valence-corrected chi connectivity index (χ1v) is 5.27. The van der Waals surface area contributed by atoms with Crippen LogP contribution in [0.4, 0.5) is 4.79 Å². The monoisotopic (exact) mass is 197 g/mol. The number of nitrogens with zero attached hydrogens (tertiary/aromatic N) is 2. The second kappa shape index (κ2) is 4.46. The van der Waals surface area contributed by atoms with Gasteiger partial charge in [0.2, 0.25) is 0 Å². The summed E-state index contributed by atoms with van der Waals surface area (Å²) in [6, 6.07) is 0.204. The predicted octanol–water partition coefficient (Wildman–Crippen LogP) is 0.519. The molecule has 1 fully saturated rings. The number of carbonyl (C=O) groups is 1. The molecule has 0 aromatic rings. The highest BCUT2D eigenvalue weighted by atomic mass is 16.2. The summed E-state index contributed by atoms with van der Waals surface area (Å²) in [5, 5.41) is 3.25. The van der Waals surface area contributed by atoms with E-state index in [-0.39, 0.29) is 7.46 Å². The number of piperazine rings is 1. The van der Waals surface area contributed by atoms with Crippen LogP contribution in [0.5, 0.6) is 0 Å². The van der Waals surface area contributed by atoms with E-state index in [9.17, 15) is 4.79 Å². The van der Waals surface area contributed by atoms with E-state index in [2.05, 4.69) is 17.5 Å². The number of rotatable bonds is 0. The van der Waals surface area contributed by atoms with Crippen LogP contribution in [0.3, 0.4) is 0 Å². The molecule has 1 N–H and O–H groups in total. The molecule has 2 amide bonds. The maximum atomic E-state index is 11.9. The van der Waals surface area contributed by atoms with Crippen molar-refractivity contribution in [1.82, 2.24) is 15.1 Å². The number of nitrogens with one attached hydrogen (secondary N) is 1. The SMILES string of the molecule is O=C(N1CC=CCC1)N1CCNCC1.[HH]. The van der Waals surface area contributed by atoms with Gasteiger partial charge in [-0.05, 0) is 6.42 Å². The highest BCUT2D eigenvalue weighted by Gasteiger charge is 2.21. The lowest BCUT2D eigenvalue weighted by atomic mass is 10.2. The van der Waals surface area contributed by atoms with Gasteiger partial charge >= 0.3 is 6.03 Å². The molecule has 0 spiro atoms. The summed E-state index contributed by atoms with van der Waals surface area (Å²) in [5.74, 6) is 0. The number of hydrogen-bond acceptors (Lipinski definition) is 2. The first kappa shape index (κ1) is 9.52. The van der Waals surface area contributed by atoms with E-state index in [1.165, 1.54) is 0 Å². The van der Waals surface area contributed by atoms with Crippen LogP contribution in [-0.2, 0) is 0 Å². The normalized spacial score (nSPS) is 22.6. The zero-order chi connectivity index (χ0) is 9.80. The van der Waals surface area contributed by atoms with Crippen molar-refractivity contribution in [2.75, 3.05) is 39.3 Å². The maximum absolute atomic E-state index is 11.9. The van der Waals surface area contributed by atoms with Crippen LogP contribution in [-0.4, -0.2) is 55.1 Å². The van der Waals surface area contributed by atoms with Crippen LogP contribution < -0.4 is 5.32 Å². The van der Waals surface area contributed by atoms with Crippen LogP contribution >= 0.6 is 0 Å². The van der Waals surface area contributed by atoms with Crippen LogP contribution in [0, 0.1) is 0 Å². The molecule has 2 rings (SSSR count). The molecule has 14 heavy (non-hydrogen) atoms. The molecule has 2 aliphatic heterocycles. The number of hydrogen-bond donors (Lipinski definition) is 1. The summed E-state index contributed by atoms with van der Waals surface area (Å²) < 4.78 is 0. The highest BCUT2D eigenvalue weighted by Crippen LogP contribution is 2.06. The van der Waals surface area contributed by atoms with Gasteiger partial charge in [0.25, 0.3) is 0 Å². The molecular formula is C10H19N3O. The van der Waals surface area contributed by atoms with Gasteiger partial charge in [0.05, 0.1) is 0 Å². The standard InChI is InChI=1S/C10H17N3O.H2/c14-10(12-6-2-1-3-7-12)13-8-4-11-5-9-13;/h1-2,11H,3-9H2;1H. The van der Waals surface area contributed by atoms with E-state index in [1.807, 2.05) is 9.80 Å². The van der Waals surface area contributed by atoms with E-state index in [0.29, 0.717) is 0 Å². The molecule has 1 saturated heterocycles. The van der Waals surface area contributed by atoms with E-state index >= 15 is 0 Å². The van der Waals surface area contributed by atoms with E-state index < -0.39 is 0 Å². The summed E-state index contributed by atoms with van der Waals surface area (Å²) in [6.07, 6.45) is 5.21. The molecule has 2 heterocycles. The van der Waals surface area contributed by atoms with Crippen LogP contribution in [0.2, 0.25) is 0 Å². The van der Waals surface area contributed by atoms with Crippen molar-refractivity contribution < 1.29 is 6.22 Å². The van der Waals surface area contributed by atoms with E-state index in [4.69, 9.17) is 0 Å². The summed E-state index contributed by atoms with van der Waals surface area (Å²) in [7, 11) is 0. The van der Waals surface area contributed by atoms with E-state index in [0.717, 1.165) is 45.7 Å². The fourth-order valence-corrected chi connectivity index (χ4v) is 1.87. The molecule has 0 saturated carbocycles. The van der Waals surface area contributed by atoms with Gasteiger partial charge in [-0.2, -0.15) is 0 Å². The Hall–Kier alpha value is -1.03. The molecule has 0 radical (unpaired) electrons. The van der Waals surface area contributed by atoms with Crippen molar-refractivity contribution in [3.05, 3.63) is 12.2 Å². The smallest absolute Gasteiger partial charge is 0.320 e. The Morgan fingerprint density at radius 2 is 1.93 bits per heavy atom. The van der Waals surface area contributed by atoms with Gasteiger partial charge in [-0.15, -0.1) is 0 Å².